The number of aromatic nitrogens is 3. The lowest BCUT2D eigenvalue weighted by atomic mass is 10.1. The number of amides is 2. The standard InChI is InChI=1S/C23H27N5O3/c1-14(28-9-5-6-21(28)29)23(30)25-12-16-11-24-15(2)26-22(16)19-13-27(3)20-8-7-17(31-4)10-18(19)20/h7-8,10-11,13-14H,5-6,9,12H2,1-4H3,(H,25,30)/t14-/m1/s1. The van der Waals surface area contributed by atoms with E-state index in [0.717, 1.165) is 39.9 Å². The molecule has 1 fully saturated rings. The van der Waals surface area contributed by atoms with Gasteiger partial charge in [-0.1, -0.05) is 0 Å². The SMILES string of the molecule is COc1ccc2c(c1)c(-c1nc(C)ncc1CNC(=O)[C@@H](C)N1CCCC1=O)cn2C. The van der Waals surface area contributed by atoms with Gasteiger partial charge in [0.25, 0.3) is 0 Å². The number of nitrogens with one attached hydrogen (secondary N) is 1. The predicted octanol–water partition coefficient (Wildman–Crippen LogP) is 2.58. The van der Waals surface area contributed by atoms with Gasteiger partial charge in [0.2, 0.25) is 11.8 Å². The zero-order chi connectivity index (χ0) is 22.1. The summed E-state index contributed by atoms with van der Waals surface area (Å²) < 4.78 is 7.45. The molecular formula is C23H27N5O3. The van der Waals surface area contributed by atoms with Gasteiger partial charge in [-0.2, -0.15) is 0 Å². The number of ether oxygens (including phenoxy) is 1. The summed E-state index contributed by atoms with van der Waals surface area (Å²) in [6, 6.07) is 5.44. The van der Waals surface area contributed by atoms with Gasteiger partial charge in [-0.05, 0) is 38.5 Å². The van der Waals surface area contributed by atoms with Gasteiger partial charge in [-0.25, -0.2) is 9.97 Å². The summed E-state index contributed by atoms with van der Waals surface area (Å²) in [7, 11) is 3.63. The third-order valence-corrected chi connectivity index (χ3v) is 5.85. The highest BCUT2D eigenvalue weighted by Gasteiger charge is 2.29. The van der Waals surface area contributed by atoms with Crippen molar-refractivity contribution in [2.75, 3.05) is 13.7 Å². The number of aryl methyl sites for hydroxylation is 2. The summed E-state index contributed by atoms with van der Waals surface area (Å²) in [5, 5.41) is 3.98. The van der Waals surface area contributed by atoms with Crippen molar-refractivity contribution in [3.05, 3.63) is 42.0 Å². The van der Waals surface area contributed by atoms with Gasteiger partial charge in [-0.3, -0.25) is 9.59 Å². The summed E-state index contributed by atoms with van der Waals surface area (Å²) in [6.07, 6.45) is 5.10. The third-order valence-electron chi connectivity index (χ3n) is 5.85. The lowest BCUT2D eigenvalue weighted by molar-refractivity contribution is -0.136. The van der Waals surface area contributed by atoms with Gasteiger partial charge in [0.15, 0.2) is 0 Å². The van der Waals surface area contributed by atoms with Crippen molar-refractivity contribution in [1.29, 1.82) is 0 Å². The summed E-state index contributed by atoms with van der Waals surface area (Å²) >= 11 is 0. The average Bonchev–Trinajstić information content (AvgIpc) is 3.34. The Morgan fingerprint density at radius 3 is 2.87 bits per heavy atom. The normalized spacial score (nSPS) is 14.8. The molecule has 3 heterocycles. The molecule has 31 heavy (non-hydrogen) atoms. The molecule has 4 rings (SSSR count). The molecule has 0 aliphatic carbocycles. The molecule has 2 aromatic heterocycles. The molecule has 2 amide bonds. The zero-order valence-electron chi connectivity index (χ0n) is 18.3. The van der Waals surface area contributed by atoms with Crippen LogP contribution in [0.15, 0.2) is 30.6 Å². The van der Waals surface area contributed by atoms with Gasteiger partial charge in [0.1, 0.15) is 17.6 Å². The maximum absolute atomic E-state index is 12.7. The molecular weight excluding hydrogens is 394 g/mol. The molecule has 1 aliphatic heterocycles. The molecule has 162 valence electrons. The first-order chi connectivity index (χ1) is 14.9. The number of carbonyl (C=O) groups is 2. The van der Waals surface area contributed by atoms with E-state index in [0.29, 0.717) is 18.8 Å². The molecule has 0 radical (unpaired) electrons. The van der Waals surface area contributed by atoms with Gasteiger partial charge in [0, 0.05) is 61.0 Å². The fourth-order valence-electron chi connectivity index (χ4n) is 4.09. The first-order valence-electron chi connectivity index (χ1n) is 10.4. The fraction of sp³-hybridized carbons (Fsp3) is 0.391. The quantitative estimate of drug-likeness (QED) is 0.661. The van der Waals surface area contributed by atoms with E-state index in [4.69, 9.17) is 9.72 Å². The van der Waals surface area contributed by atoms with Crippen LogP contribution in [0.3, 0.4) is 0 Å². The fourth-order valence-corrected chi connectivity index (χ4v) is 4.09. The van der Waals surface area contributed by atoms with Gasteiger partial charge in [-0.15, -0.1) is 0 Å². The summed E-state index contributed by atoms with van der Waals surface area (Å²) in [5.74, 6) is 1.28. The van der Waals surface area contributed by atoms with Crippen LogP contribution < -0.4 is 10.1 Å². The Kier molecular flexibility index (Phi) is 5.63. The number of rotatable bonds is 6. The minimum Gasteiger partial charge on any atom is -0.497 e. The molecule has 1 atom stereocenters. The second-order valence-corrected chi connectivity index (χ2v) is 7.91. The van der Waals surface area contributed by atoms with Crippen LogP contribution in [0.25, 0.3) is 22.2 Å². The molecule has 8 heteroatoms. The number of nitrogens with zero attached hydrogens (tertiary/aromatic N) is 4. The van der Waals surface area contributed by atoms with Crippen LogP contribution in [-0.4, -0.2) is 50.9 Å². The van der Waals surface area contributed by atoms with Crippen LogP contribution in [0.4, 0.5) is 0 Å². The number of fused-ring (bicyclic) bond motifs is 1. The second-order valence-electron chi connectivity index (χ2n) is 7.91. The van der Waals surface area contributed by atoms with Crippen LogP contribution >= 0.6 is 0 Å². The van der Waals surface area contributed by atoms with Crippen molar-refractivity contribution >= 4 is 22.7 Å². The Hall–Kier alpha value is -3.42. The molecule has 0 bridgehead atoms. The highest BCUT2D eigenvalue weighted by molar-refractivity contribution is 5.96. The van der Waals surface area contributed by atoms with Crippen molar-refractivity contribution in [2.45, 2.75) is 39.3 Å². The molecule has 0 saturated carbocycles. The Morgan fingerprint density at radius 2 is 2.16 bits per heavy atom. The van der Waals surface area contributed by atoms with Crippen molar-refractivity contribution in [1.82, 2.24) is 24.8 Å². The Morgan fingerprint density at radius 1 is 1.35 bits per heavy atom. The number of methoxy groups -OCH3 is 1. The van der Waals surface area contributed by atoms with E-state index in [1.165, 1.54) is 0 Å². The Labute approximate surface area is 181 Å². The molecule has 1 saturated heterocycles. The maximum Gasteiger partial charge on any atom is 0.242 e. The first kappa shape index (κ1) is 20.8. The van der Waals surface area contributed by atoms with Crippen LogP contribution in [0, 0.1) is 6.92 Å². The van der Waals surface area contributed by atoms with Crippen molar-refractivity contribution in [2.24, 2.45) is 7.05 Å². The summed E-state index contributed by atoms with van der Waals surface area (Å²) in [5.41, 5.74) is 3.60. The van der Waals surface area contributed by atoms with Gasteiger partial charge in [0.05, 0.1) is 12.8 Å². The van der Waals surface area contributed by atoms with Gasteiger partial charge < -0.3 is 19.5 Å². The van der Waals surface area contributed by atoms with E-state index in [9.17, 15) is 9.59 Å². The molecule has 0 unspecified atom stereocenters. The minimum atomic E-state index is -0.494. The van der Waals surface area contributed by atoms with E-state index in [-0.39, 0.29) is 18.4 Å². The molecule has 1 N–H and O–H groups in total. The lowest BCUT2D eigenvalue weighted by Gasteiger charge is -2.23. The summed E-state index contributed by atoms with van der Waals surface area (Å²) in [6.45, 7) is 4.52. The van der Waals surface area contributed by atoms with Crippen molar-refractivity contribution in [3.8, 4) is 17.0 Å². The van der Waals surface area contributed by atoms with Crippen molar-refractivity contribution < 1.29 is 14.3 Å². The molecule has 8 nitrogen and oxygen atoms in total. The van der Waals surface area contributed by atoms with Crippen LogP contribution in [0.5, 0.6) is 5.75 Å². The third kappa shape index (κ3) is 3.97. The van der Waals surface area contributed by atoms with E-state index in [1.807, 2.05) is 42.9 Å². The van der Waals surface area contributed by atoms with Crippen LogP contribution in [-0.2, 0) is 23.2 Å². The van der Waals surface area contributed by atoms with Crippen LogP contribution in [0.2, 0.25) is 0 Å². The molecule has 1 aliphatic rings. The van der Waals surface area contributed by atoms with Crippen molar-refractivity contribution in [3.63, 3.8) is 0 Å². The molecule has 0 spiro atoms. The average molecular weight is 422 g/mol. The molecule has 1 aromatic carbocycles. The van der Waals surface area contributed by atoms with E-state index in [2.05, 4.69) is 10.3 Å². The number of carbonyl (C=O) groups excluding carboxylic acids is 2. The Balaban J connectivity index is 1.64. The second kappa shape index (κ2) is 8.37. The van der Waals surface area contributed by atoms with E-state index >= 15 is 0 Å². The number of hydrogen-bond acceptors (Lipinski definition) is 5. The highest BCUT2D eigenvalue weighted by atomic mass is 16.5. The first-order valence-corrected chi connectivity index (χ1v) is 10.4. The zero-order valence-corrected chi connectivity index (χ0v) is 18.3. The number of benzene rings is 1. The number of hydrogen-bond donors (Lipinski definition) is 1. The smallest absolute Gasteiger partial charge is 0.242 e. The maximum atomic E-state index is 12.7. The summed E-state index contributed by atoms with van der Waals surface area (Å²) in [4.78, 5) is 35.3. The number of likely N-dealkylation sites (tertiary alicyclic amines) is 1. The van der Waals surface area contributed by atoms with E-state index in [1.54, 1.807) is 25.1 Å². The highest BCUT2D eigenvalue weighted by Crippen LogP contribution is 2.33. The predicted molar refractivity (Wildman–Crippen MR) is 117 cm³/mol. The monoisotopic (exact) mass is 421 g/mol. The topological polar surface area (TPSA) is 89.4 Å². The minimum absolute atomic E-state index is 0.0340. The Bertz CT molecular complexity index is 1150. The van der Waals surface area contributed by atoms with Crippen LogP contribution in [0.1, 0.15) is 31.2 Å². The lowest BCUT2D eigenvalue weighted by Crippen LogP contribution is -2.45. The van der Waals surface area contributed by atoms with E-state index < -0.39 is 6.04 Å². The largest absolute Gasteiger partial charge is 0.497 e. The molecule has 3 aromatic rings. The van der Waals surface area contributed by atoms with Gasteiger partial charge >= 0.3 is 0 Å².